The smallest absolute Gasteiger partial charge is 0.266 e. The SMILES string of the molecule is CC(c1ccccc1)N1CCC(N(C)c2cc(F)c(S(=O)(=O)Nc3cscn3)cc2Cl)CC1. The summed E-state index contributed by atoms with van der Waals surface area (Å²) in [5.41, 5.74) is 3.26. The molecular weight excluding hydrogens is 483 g/mol. The van der Waals surface area contributed by atoms with Gasteiger partial charge in [0, 0.05) is 43.7 Å². The molecule has 6 nitrogen and oxygen atoms in total. The Kier molecular flexibility index (Phi) is 7.23. The van der Waals surface area contributed by atoms with Crippen molar-refractivity contribution < 1.29 is 12.8 Å². The molecule has 1 aliphatic heterocycles. The van der Waals surface area contributed by atoms with Crippen LogP contribution in [0.4, 0.5) is 15.9 Å². The van der Waals surface area contributed by atoms with Crippen molar-refractivity contribution in [1.29, 1.82) is 0 Å². The maximum atomic E-state index is 14.9. The van der Waals surface area contributed by atoms with E-state index >= 15 is 0 Å². The van der Waals surface area contributed by atoms with E-state index in [1.165, 1.54) is 39.9 Å². The Morgan fingerprint density at radius 1 is 1.24 bits per heavy atom. The maximum absolute atomic E-state index is 14.9. The molecule has 4 rings (SSSR count). The summed E-state index contributed by atoms with van der Waals surface area (Å²) in [7, 11) is -2.26. The topological polar surface area (TPSA) is 65.5 Å². The fourth-order valence-electron chi connectivity index (χ4n) is 4.25. The number of thiazole rings is 1. The molecule has 3 aromatic rings. The zero-order valence-corrected chi connectivity index (χ0v) is 20.8. The van der Waals surface area contributed by atoms with E-state index in [0.29, 0.717) is 11.7 Å². The van der Waals surface area contributed by atoms with Crippen molar-refractivity contribution in [3.8, 4) is 0 Å². The van der Waals surface area contributed by atoms with Gasteiger partial charge in [0.05, 0.1) is 16.2 Å². The first-order valence-electron chi connectivity index (χ1n) is 10.7. The van der Waals surface area contributed by atoms with Crippen molar-refractivity contribution in [1.82, 2.24) is 9.88 Å². The molecule has 1 fully saturated rings. The molecule has 0 saturated carbocycles. The number of rotatable bonds is 7. The highest BCUT2D eigenvalue weighted by Gasteiger charge is 2.28. The summed E-state index contributed by atoms with van der Waals surface area (Å²) in [5, 5.41) is 1.72. The van der Waals surface area contributed by atoms with Gasteiger partial charge in [-0.2, -0.15) is 0 Å². The summed E-state index contributed by atoms with van der Waals surface area (Å²) in [6, 6.07) is 13.3. The van der Waals surface area contributed by atoms with E-state index in [-0.39, 0.29) is 16.9 Å². The number of likely N-dealkylation sites (tertiary alicyclic amines) is 1. The van der Waals surface area contributed by atoms with E-state index in [4.69, 9.17) is 11.6 Å². The molecule has 10 heteroatoms. The zero-order valence-electron chi connectivity index (χ0n) is 18.4. The predicted octanol–water partition coefficient (Wildman–Crippen LogP) is 5.40. The molecule has 2 aromatic carbocycles. The Labute approximate surface area is 203 Å². The second kappa shape index (κ2) is 9.97. The molecule has 176 valence electrons. The maximum Gasteiger partial charge on any atom is 0.266 e. The summed E-state index contributed by atoms with van der Waals surface area (Å²) in [6.45, 7) is 4.04. The van der Waals surface area contributed by atoms with Crippen molar-refractivity contribution in [2.75, 3.05) is 29.8 Å². The molecule has 1 N–H and O–H groups in total. The van der Waals surface area contributed by atoms with Crippen LogP contribution in [0.1, 0.15) is 31.4 Å². The summed E-state index contributed by atoms with van der Waals surface area (Å²) < 4.78 is 42.4. The quantitative estimate of drug-likeness (QED) is 0.463. The molecule has 0 bridgehead atoms. The van der Waals surface area contributed by atoms with E-state index in [1.807, 2.05) is 18.0 Å². The normalized spacial score (nSPS) is 16.5. The van der Waals surface area contributed by atoms with E-state index in [1.54, 1.807) is 0 Å². The average Bonchev–Trinajstić information content (AvgIpc) is 3.32. The average molecular weight is 509 g/mol. The molecular formula is C23H26ClFN4O2S2. The van der Waals surface area contributed by atoms with Gasteiger partial charge in [0.2, 0.25) is 0 Å². The highest BCUT2D eigenvalue weighted by molar-refractivity contribution is 7.92. The Hall–Kier alpha value is -2.20. The van der Waals surface area contributed by atoms with E-state index in [9.17, 15) is 12.8 Å². The molecule has 1 atom stereocenters. The number of benzene rings is 2. The molecule has 1 unspecified atom stereocenters. The van der Waals surface area contributed by atoms with Gasteiger partial charge in [-0.1, -0.05) is 41.9 Å². The summed E-state index contributed by atoms with van der Waals surface area (Å²) in [4.78, 5) is 7.79. The largest absolute Gasteiger partial charge is 0.370 e. The lowest BCUT2D eigenvalue weighted by atomic mass is 9.99. The third kappa shape index (κ3) is 5.32. The lowest BCUT2D eigenvalue weighted by Gasteiger charge is -2.40. The van der Waals surface area contributed by atoms with Crippen LogP contribution in [-0.2, 0) is 10.0 Å². The first kappa shape index (κ1) is 23.9. The van der Waals surface area contributed by atoms with Crippen LogP contribution < -0.4 is 9.62 Å². The number of nitrogens with one attached hydrogen (secondary N) is 1. The molecule has 0 aliphatic carbocycles. The second-order valence-electron chi connectivity index (χ2n) is 8.18. The van der Waals surface area contributed by atoms with Crippen LogP contribution >= 0.6 is 22.9 Å². The van der Waals surface area contributed by atoms with Crippen molar-refractivity contribution in [2.24, 2.45) is 0 Å². The molecule has 0 spiro atoms. The van der Waals surface area contributed by atoms with Crippen LogP contribution in [0, 0.1) is 5.82 Å². The zero-order chi connectivity index (χ0) is 23.6. The minimum absolute atomic E-state index is 0.146. The lowest BCUT2D eigenvalue weighted by Crippen LogP contribution is -2.44. The van der Waals surface area contributed by atoms with Crippen LogP contribution in [0.2, 0.25) is 5.02 Å². The second-order valence-corrected chi connectivity index (χ2v) is 11.0. The third-order valence-electron chi connectivity index (χ3n) is 6.22. The molecule has 0 amide bonds. The van der Waals surface area contributed by atoms with E-state index in [0.717, 1.165) is 25.9 Å². The summed E-state index contributed by atoms with van der Waals surface area (Å²) in [5.74, 6) is -0.702. The number of halogens is 2. The van der Waals surface area contributed by atoms with Crippen LogP contribution in [0.25, 0.3) is 0 Å². The Bertz CT molecular complexity index is 1180. The number of hydrogen-bond acceptors (Lipinski definition) is 6. The molecule has 2 heterocycles. The Morgan fingerprint density at radius 2 is 1.94 bits per heavy atom. The standard InChI is InChI=1S/C23H26ClFN4O2S2/c1-16(17-6-4-3-5-7-17)29-10-8-18(9-11-29)28(2)21-13-20(25)22(12-19(21)24)33(30,31)27-23-14-32-15-26-23/h3-7,12-16,18,27H,8-11H2,1-2H3. The van der Waals surface area contributed by atoms with Gasteiger partial charge in [0.1, 0.15) is 10.7 Å². The fraction of sp³-hybridized carbons (Fsp3) is 0.348. The van der Waals surface area contributed by atoms with Gasteiger partial charge in [0.25, 0.3) is 10.0 Å². The molecule has 33 heavy (non-hydrogen) atoms. The number of nitrogens with zero attached hydrogens (tertiary/aromatic N) is 3. The Morgan fingerprint density at radius 3 is 2.58 bits per heavy atom. The van der Waals surface area contributed by atoms with Gasteiger partial charge in [-0.3, -0.25) is 9.62 Å². The number of aromatic nitrogens is 1. The highest BCUT2D eigenvalue weighted by atomic mass is 35.5. The van der Waals surface area contributed by atoms with Crippen molar-refractivity contribution in [3.05, 3.63) is 69.8 Å². The molecule has 1 aromatic heterocycles. The molecule has 1 aliphatic rings. The first-order valence-corrected chi connectivity index (χ1v) is 13.5. The van der Waals surface area contributed by atoms with Gasteiger partial charge in [-0.25, -0.2) is 17.8 Å². The lowest BCUT2D eigenvalue weighted by molar-refractivity contribution is 0.162. The number of hydrogen-bond donors (Lipinski definition) is 1. The predicted molar refractivity (Wildman–Crippen MR) is 132 cm³/mol. The van der Waals surface area contributed by atoms with Crippen LogP contribution in [0.5, 0.6) is 0 Å². The Balaban J connectivity index is 1.46. The van der Waals surface area contributed by atoms with Crippen molar-refractivity contribution in [2.45, 2.75) is 36.7 Å². The summed E-state index contributed by atoms with van der Waals surface area (Å²) in [6.07, 6.45) is 1.80. The van der Waals surface area contributed by atoms with Crippen LogP contribution in [-0.4, -0.2) is 44.5 Å². The summed E-state index contributed by atoms with van der Waals surface area (Å²) >= 11 is 7.68. The van der Waals surface area contributed by atoms with Gasteiger partial charge in [-0.05, 0) is 31.4 Å². The number of anilines is 2. The van der Waals surface area contributed by atoms with Crippen molar-refractivity contribution >= 4 is 44.5 Å². The van der Waals surface area contributed by atoms with E-state index in [2.05, 4.69) is 45.8 Å². The van der Waals surface area contributed by atoms with E-state index < -0.39 is 20.7 Å². The van der Waals surface area contributed by atoms with Gasteiger partial charge >= 0.3 is 0 Å². The monoisotopic (exact) mass is 508 g/mol. The van der Waals surface area contributed by atoms with Crippen LogP contribution in [0.3, 0.4) is 0 Å². The minimum Gasteiger partial charge on any atom is -0.370 e. The first-order chi connectivity index (χ1) is 15.8. The number of sulfonamides is 1. The molecule has 0 radical (unpaired) electrons. The van der Waals surface area contributed by atoms with Gasteiger partial charge < -0.3 is 4.90 Å². The highest BCUT2D eigenvalue weighted by Crippen LogP contribution is 2.34. The number of piperidine rings is 1. The van der Waals surface area contributed by atoms with Crippen LogP contribution in [0.15, 0.2) is 58.3 Å². The minimum atomic E-state index is -4.14. The van der Waals surface area contributed by atoms with Gasteiger partial charge in [0.15, 0.2) is 5.82 Å². The van der Waals surface area contributed by atoms with Crippen molar-refractivity contribution in [3.63, 3.8) is 0 Å². The third-order valence-corrected chi connectivity index (χ3v) is 8.48. The fourth-order valence-corrected chi connectivity index (χ4v) is 6.26. The molecule has 1 saturated heterocycles. The van der Waals surface area contributed by atoms with Gasteiger partial charge in [-0.15, -0.1) is 11.3 Å².